The molecule has 1 aromatic rings. The summed E-state index contributed by atoms with van der Waals surface area (Å²) >= 11 is 0. The molecule has 4 atom stereocenters. The van der Waals surface area contributed by atoms with Crippen molar-refractivity contribution in [3.63, 3.8) is 0 Å². The maximum absolute atomic E-state index is 11.9. The van der Waals surface area contributed by atoms with E-state index in [0.29, 0.717) is 5.56 Å². The van der Waals surface area contributed by atoms with Gasteiger partial charge in [-0.3, -0.25) is 4.79 Å². The predicted octanol–water partition coefficient (Wildman–Crippen LogP) is -0.754. The number of amides is 1. The van der Waals surface area contributed by atoms with Crippen molar-refractivity contribution in [2.45, 2.75) is 31.0 Å². The van der Waals surface area contributed by atoms with Crippen LogP contribution in [0.25, 0.3) is 0 Å². The van der Waals surface area contributed by atoms with Crippen LogP contribution in [0.15, 0.2) is 30.3 Å². The third-order valence-electron chi connectivity index (χ3n) is 3.12. The normalized spacial score (nSPS) is 30.9. The highest BCUT2D eigenvalue weighted by molar-refractivity contribution is 5.94. The van der Waals surface area contributed by atoms with Crippen LogP contribution in [0.3, 0.4) is 0 Å². The SMILES string of the molecule is O=C(NC1CC(O)C(CO)OC1O)c1ccccc1. The first-order chi connectivity index (χ1) is 9.11. The molecule has 1 amide bonds. The summed E-state index contributed by atoms with van der Waals surface area (Å²) in [6.45, 7) is -0.377. The van der Waals surface area contributed by atoms with Crippen molar-refractivity contribution >= 4 is 5.91 Å². The van der Waals surface area contributed by atoms with Gasteiger partial charge in [-0.1, -0.05) is 18.2 Å². The topological polar surface area (TPSA) is 99.0 Å². The maximum Gasteiger partial charge on any atom is 0.251 e. The molecule has 6 nitrogen and oxygen atoms in total. The Morgan fingerprint density at radius 1 is 1.32 bits per heavy atom. The van der Waals surface area contributed by atoms with Crippen LogP contribution in [-0.4, -0.2) is 52.4 Å². The molecule has 1 saturated heterocycles. The standard InChI is InChI=1S/C13H17NO5/c15-7-11-10(16)6-9(13(18)19-11)14-12(17)8-4-2-1-3-5-8/h1-5,9-11,13,15-16,18H,6-7H2,(H,14,17). The van der Waals surface area contributed by atoms with Crippen molar-refractivity contribution in [2.24, 2.45) is 0 Å². The van der Waals surface area contributed by atoms with Crippen molar-refractivity contribution < 1.29 is 24.9 Å². The fourth-order valence-electron chi connectivity index (χ4n) is 2.03. The Balaban J connectivity index is 1.98. The number of nitrogens with one attached hydrogen (secondary N) is 1. The Hall–Kier alpha value is -1.47. The van der Waals surface area contributed by atoms with E-state index in [4.69, 9.17) is 9.84 Å². The van der Waals surface area contributed by atoms with Crippen molar-refractivity contribution in [3.8, 4) is 0 Å². The minimum atomic E-state index is -1.24. The molecule has 6 heteroatoms. The van der Waals surface area contributed by atoms with Crippen LogP contribution in [0.4, 0.5) is 0 Å². The molecule has 4 unspecified atom stereocenters. The van der Waals surface area contributed by atoms with Crippen LogP contribution in [0.5, 0.6) is 0 Å². The molecule has 1 aliphatic heterocycles. The van der Waals surface area contributed by atoms with Crippen LogP contribution in [-0.2, 0) is 4.74 Å². The summed E-state index contributed by atoms with van der Waals surface area (Å²) in [5.74, 6) is -0.345. The molecule has 0 aliphatic carbocycles. The van der Waals surface area contributed by atoms with Gasteiger partial charge in [0.25, 0.3) is 5.91 Å². The van der Waals surface area contributed by atoms with Gasteiger partial charge in [0.15, 0.2) is 6.29 Å². The van der Waals surface area contributed by atoms with Gasteiger partial charge in [-0.2, -0.15) is 0 Å². The van der Waals surface area contributed by atoms with Gasteiger partial charge >= 0.3 is 0 Å². The highest BCUT2D eigenvalue weighted by Crippen LogP contribution is 2.19. The number of carbonyl (C=O) groups excluding carboxylic acids is 1. The van der Waals surface area contributed by atoms with Crippen LogP contribution < -0.4 is 5.32 Å². The summed E-state index contributed by atoms with van der Waals surface area (Å²) in [6, 6.07) is 7.87. The van der Waals surface area contributed by atoms with Gasteiger partial charge in [-0.25, -0.2) is 0 Å². The third-order valence-corrected chi connectivity index (χ3v) is 3.12. The zero-order valence-corrected chi connectivity index (χ0v) is 10.3. The molecular formula is C13H17NO5. The number of hydrogen-bond acceptors (Lipinski definition) is 5. The highest BCUT2D eigenvalue weighted by Gasteiger charge is 2.36. The second-order valence-corrected chi connectivity index (χ2v) is 4.50. The quantitative estimate of drug-likeness (QED) is 0.577. The first-order valence-electron chi connectivity index (χ1n) is 6.10. The lowest BCUT2D eigenvalue weighted by Gasteiger charge is -2.36. The molecule has 4 N–H and O–H groups in total. The number of benzene rings is 1. The van der Waals surface area contributed by atoms with E-state index in [1.165, 1.54) is 0 Å². The van der Waals surface area contributed by atoms with E-state index in [2.05, 4.69) is 5.32 Å². The second-order valence-electron chi connectivity index (χ2n) is 4.50. The monoisotopic (exact) mass is 267 g/mol. The Kier molecular flexibility index (Phi) is 4.49. The highest BCUT2D eigenvalue weighted by atomic mass is 16.6. The maximum atomic E-state index is 11.9. The number of rotatable bonds is 3. The van der Waals surface area contributed by atoms with Crippen LogP contribution in [0.1, 0.15) is 16.8 Å². The van der Waals surface area contributed by atoms with Gasteiger partial charge in [0.05, 0.1) is 18.8 Å². The van der Waals surface area contributed by atoms with E-state index < -0.39 is 24.5 Å². The summed E-state index contributed by atoms with van der Waals surface area (Å²) in [7, 11) is 0. The molecule has 2 rings (SSSR count). The van der Waals surface area contributed by atoms with Gasteiger partial charge < -0.3 is 25.4 Å². The van der Waals surface area contributed by atoms with E-state index >= 15 is 0 Å². The lowest BCUT2D eigenvalue weighted by atomic mass is 10.0. The summed E-state index contributed by atoms with van der Waals surface area (Å²) in [4.78, 5) is 11.9. The van der Waals surface area contributed by atoms with E-state index in [-0.39, 0.29) is 18.9 Å². The first kappa shape index (κ1) is 14.0. The van der Waals surface area contributed by atoms with Crippen LogP contribution >= 0.6 is 0 Å². The molecule has 0 radical (unpaired) electrons. The van der Waals surface area contributed by atoms with Gasteiger partial charge in [0.2, 0.25) is 0 Å². The largest absolute Gasteiger partial charge is 0.394 e. The fourth-order valence-corrected chi connectivity index (χ4v) is 2.03. The van der Waals surface area contributed by atoms with Gasteiger partial charge in [-0.15, -0.1) is 0 Å². The Labute approximate surface area is 110 Å². The molecule has 0 aromatic heterocycles. The Bertz CT molecular complexity index is 424. The minimum absolute atomic E-state index is 0.130. The molecule has 1 aromatic carbocycles. The third kappa shape index (κ3) is 3.30. The number of carbonyl (C=O) groups is 1. The zero-order chi connectivity index (χ0) is 13.8. The molecule has 1 aliphatic rings. The predicted molar refractivity (Wildman–Crippen MR) is 66.3 cm³/mol. The number of ether oxygens (including phenoxy) is 1. The number of aliphatic hydroxyl groups excluding tert-OH is 3. The van der Waals surface area contributed by atoms with E-state index in [9.17, 15) is 15.0 Å². The first-order valence-corrected chi connectivity index (χ1v) is 6.10. The summed E-state index contributed by atoms with van der Waals surface area (Å²) in [5.41, 5.74) is 0.466. The fraction of sp³-hybridized carbons (Fsp3) is 0.462. The second kappa shape index (κ2) is 6.12. The lowest BCUT2D eigenvalue weighted by Crippen LogP contribution is -2.55. The van der Waals surface area contributed by atoms with Gasteiger partial charge in [0.1, 0.15) is 6.10 Å². The van der Waals surface area contributed by atoms with Crippen molar-refractivity contribution in [1.29, 1.82) is 0 Å². The smallest absolute Gasteiger partial charge is 0.251 e. The van der Waals surface area contributed by atoms with E-state index in [1.807, 2.05) is 0 Å². The molecule has 104 valence electrons. The average molecular weight is 267 g/mol. The van der Waals surface area contributed by atoms with E-state index in [1.54, 1.807) is 30.3 Å². The van der Waals surface area contributed by atoms with Crippen LogP contribution in [0.2, 0.25) is 0 Å². The van der Waals surface area contributed by atoms with E-state index in [0.717, 1.165) is 0 Å². The molecule has 0 spiro atoms. The zero-order valence-electron chi connectivity index (χ0n) is 10.3. The van der Waals surface area contributed by atoms with Crippen molar-refractivity contribution in [3.05, 3.63) is 35.9 Å². The van der Waals surface area contributed by atoms with Crippen molar-refractivity contribution in [2.75, 3.05) is 6.61 Å². The molecule has 0 saturated carbocycles. The Morgan fingerprint density at radius 3 is 2.63 bits per heavy atom. The molecule has 0 bridgehead atoms. The summed E-state index contributed by atoms with van der Waals surface area (Å²) in [6.07, 6.45) is -2.85. The number of aliphatic hydroxyl groups is 3. The average Bonchev–Trinajstić information content (AvgIpc) is 2.43. The minimum Gasteiger partial charge on any atom is -0.394 e. The Morgan fingerprint density at radius 2 is 2.00 bits per heavy atom. The molecule has 1 heterocycles. The van der Waals surface area contributed by atoms with Gasteiger partial charge in [-0.05, 0) is 12.1 Å². The van der Waals surface area contributed by atoms with Crippen LogP contribution in [0, 0.1) is 0 Å². The number of hydrogen-bond donors (Lipinski definition) is 4. The molecule has 19 heavy (non-hydrogen) atoms. The molecular weight excluding hydrogens is 250 g/mol. The van der Waals surface area contributed by atoms with Crippen molar-refractivity contribution in [1.82, 2.24) is 5.32 Å². The molecule has 1 fully saturated rings. The lowest BCUT2D eigenvalue weighted by molar-refractivity contribution is -0.219. The summed E-state index contributed by atoms with van der Waals surface area (Å²) < 4.78 is 5.04. The summed E-state index contributed by atoms with van der Waals surface area (Å²) in [5, 5.41) is 31.0. The van der Waals surface area contributed by atoms with Gasteiger partial charge in [0, 0.05) is 12.0 Å².